The van der Waals surface area contributed by atoms with Gasteiger partial charge in [0.1, 0.15) is 5.82 Å². The van der Waals surface area contributed by atoms with E-state index in [1.807, 2.05) is 60.7 Å². The number of carboxylic acids is 1. The van der Waals surface area contributed by atoms with Gasteiger partial charge in [0.2, 0.25) is 0 Å². The van der Waals surface area contributed by atoms with E-state index in [1.54, 1.807) is 12.1 Å². The van der Waals surface area contributed by atoms with E-state index in [0.717, 1.165) is 39.2 Å². The molecule has 0 aliphatic rings. The van der Waals surface area contributed by atoms with E-state index in [4.69, 9.17) is 10.1 Å². The molecule has 0 atom stereocenters. The largest absolute Gasteiger partial charge is 0.478 e. The lowest BCUT2D eigenvalue weighted by Crippen LogP contribution is -1.97. The molecule has 0 bridgehead atoms. The average Bonchev–Trinajstić information content (AvgIpc) is 3.19. The van der Waals surface area contributed by atoms with Crippen LogP contribution in [0.3, 0.4) is 0 Å². The molecule has 0 aliphatic carbocycles. The van der Waals surface area contributed by atoms with Gasteiger partial charge in [0.05, 0.1) is 16.6 Å². The first kappa shape index (κ1) is 17.9. The molecule has 0 fully saturated rings. The van der Waals surface area contributed by atoms with Crippen LogP contribution >= 0.6 is 0 Å². The molecule has 0 spiro atoms. The van der Waals surface area contributed by atoms with Crippen LogP contribution < -0.4 is 0 Å². The third-order valence-corrected chi connectivity index (χ3v) is 5.18. The lowest BCUT2D eigenvalue weighted by molar-refractivity contribution is 0.0697. The molecule has 1 heterocycles. The highest BCUT2D eigenvalue weighted by Gasteiger charge is 2.14. The van der Waals surface area contributed by atoms with Gasteiger partial charge in [-0.15, -0.1) is 0 Å². The van der Waals surface area contributed by atoms with Crippen molar-refractivity contribution in [3.8, 4) is 28.2 Å². The summed E-state index contributed by atoms with van der Waals surface area (Å²) in [6.07, 6.45) is 0. The van der Waals surface area contributed by atoms with Gasteiger partial charge in [0.25, 0.3) is 0 Å². The molecule has 0 radical (unpaired) electrons. The van der Waals surface area contributed by atoms with Crippen molar-refractivity contribution in [3.05, 3.63) is 109 Å². The lowest BCUT2D eigenvalue weighted by Gasteiger charge is -2.10. The number of rotatable bonds is 4. The Morgan fingerprint density at radius 1 is 0.667 bits per heavy atom. The van der Waals surface area contributed by atoms with Gasteiger partial charge in [-0.2, -0.15) is 0 Å². The third kappa shape index (κ3) is 3.14. The van der Waals surface area contributed by atoms with Crippen molar-refractivity contribution < 1.29 is 9.90 Å². The summed E-state index contributed by atoms with van der Waals surface area (Å²) in [5, 5.41) is 9.08. The predicted octanol–water partition coefficient (Wildman–Crippen LogP) is 6.06. The molecule has 0 saturated heterocycles. The fourth-order valence-corrected chi connectivity index (χ4v) is 3.68. The number of hydrogen-bond acceptors (Lipinski definition) is 2. The van der Waals surface area contributed by atoms with Crippen LogP contribution in [0.5, 0.6) is 0 Å². The summed E-state index contributed by atoms with van der Waals surface area (Å²) >= 11 is 0. The first-order valence-electron chi connectivity index (χ1n) is 9.68. The van der Waals surface area contributed by atoms with Gasteiger partial charge in [-0.1, -0.05) is 66.7 Å². The Hall–Kier alpha value is -4.18. The van der Waals surface area contributed by atoms with Crippen molar-refractivity contribution in [2.75, 3.05) is 0 Å². The zero-order chi connectivity index (χ0) is 20.5. The molecule has 4 nitrogen and oxygen atoms in total. The smallest absolute Gasteiger partial charge is 0.335 e. The second-order valence-electron chi connectivity index (χ2n) is 7.05. The van der Waals surface area contributed by atoms with E-state index in [2.05, 4.69) is 34.9 Å². The van der Waals surface area contributed by atoms with Crippen LogP contribution in [-0.2, 0) is 0 Å². The summed E-state index contributed by atoms with van der Waals surface area (Å²) in [5.41, 5.74) is 6.38. The molecule has 4 aromatic carbocycles. The summed E-state index contributed by atoms with van der Waals surface area (Å²) in [6.45, 7) is 0. The van der Waals surface area contributed by atoms with Gasteiger partial charge in [0.15, 0.2) is 0 Å². The summed E-state index contributed by atoms with van der Waals surface area (Å²) in [6, 6.07) is 33.5. The molecule has 144 valence electrons. The Balaban J connectivity index is 1.59. The second-order valence-corrected chi connectivity index (χ2v) is 7.05. The number of carbonyl (C=O) groups is 1. The molecule has 30 heavy (non-hydrogen) atoms. The number of fused-ring (bicyclic) bond motifs is 1. The first-order valence-corrected chi connectivity index (χ1v) is 9.68. The van der Waals surface area contributed by atoms with Crippen LogP contribution in [0.1, 0.15) is 10.4 Å². The molecule has 5 rings (SSSR count). The molecule has 4 heteroatoms. The fraction of sp³-hybridized carbons (Fsp3) is 0. The van der Waals surface area contributed by atoms with E-state index in [9.17, 15) is 4.79 Å². The summed E-state index contributed by atoms with van der Waals surface area (Å²) < 4.78 is 2.17. The Morgan fingerprint density at radius 2 is 1.23 bits per heavy atom. The maximum absolute atomic E-state index is 11.1. The van der Waals surface area contributed by atoms with Crippen LogP contribution in [0.2, 0.25) is 0 Å². The van der Waals surface area contributed by atoms with Gasteiger partial charge in [-0.05, 0) is 47.5 Å². The lowest BCUT2D eigenvalue weighted by atomic mass is 10.0. The maximum atomic E-state index is 11.1. The number of imidazole rings is 1. The molecular weight excluding hydrogens is 372 g/mol. The Bertz CT molecular complexity index is 1340. The van der Waals surface area contributed by atoms with Gasteiger partial charge in [-0.25, -0.2) is 9.78 Å². The standard InChI is InChI=1S/C26H18N2O2/c29-26(30)21-16-12-19(13-17-21)18-10-14-20(15-11-18)25-27-23-8-4-5-9-24(23)28(25)22-6-2-1-3-7-22/h1-17H,(H,29,30). The fourth-order valence-electron chi connectivity index (χ4n) is 3.68. The second kappa shape index (κ2) is 7.33. The number of benzene rings is 4. The van der Waals surface area contributed by atoms with E-state index in [0.29, 0.717) is 0 Å². The molecule has 0 amide bonds. The van der Waals surface area contributed by atoms with Gasteiger partial charge < -0.3 is 5.11 Å². The number of nitrogens with zero attached hydrogens (tertiary/aromatic N) is 2. The number of para-hydroxylation sites is 3. The molecule has 0 aliphatic heterocycles. The Morgan fingerprint density at radius 3 is 1.90 bits per heavy atom. The van der Waals surface area contributed by atoms with Crippen LogP contribution in [0.4, 0.5) is 0 Å². The number of hydrogen-bond donors (Lipinski definition) is 1. The quantitative estimate of drug-likeness (QED) is 0.406. The van der Waals surface area contributed by atoms with Crippen LogP contribution in [0.15, 0.2) is 103 Å². The summed E-state index contributed by atoms with van der Waals surface area (Å²) in [5.74, 6) is -0.0353. The van der Waals surface area contributed by atoms with E-state index in [1.165, 1.54) is 0 Å². The van der Waals surface area contributed by atoms with Crippen molar-refractivity contribution in [2.24, 2.45) is 0 Å². The van der Waals surface area contributed by atoms with Crippen LogP contribution in [-0.4, -0.2) is 20.6 Å². The van der Waals surface area contributed by atoms with Gasteiger partial charge >= 0.3 is 5.97 Å². The number of carboxylic acid groups (broad SMARTS) is 1. The van der Waals surface area contributed by atoms with Crippen molar-refractivity contribution in [1.82, 2.24) is 9.55 Å². The molecule has 0 saturated carbocycles. The van der Waals surface area contributed by atoms with E-state index >= 15 is 0 Å². The highest BCUT2D eigenvalue weighted by atomic mass is 16.4. The molecule has 0 unspecified atom stereocenters. The Kier molecular flexibility index (Phi) is 4.37. The first-order chi connectivity index (χ1) is 14.7. The third-order valence-electron chi connectivity index (χ3n) is 5.18. The topological polar surface area (TPSA) is 55.1 Å². The number of aromatic carboxylic acids is 1. The molecule has 1 N–H and O–H groups in total. The van der Waals surface area contributed by atoms with E-state index in [-0.39, 0.29) is 5.56 Å². The zero-order valence-corrected chi connectivity index (χ0v) is 16.1. The van der Waals surface area contributed by atoms with E-state index < -0.39 is 5.97 Å². The van der Waals surface area contributed by atoms with Gasteiger partial charge in [-0.3, -0.25) is 4.57 Å². The highest BCUT2D eigenvalue weighted by Crippen LogP contribution is 2.30. The van der Waals surface area contributed by atoms with Gasteiger partial charge in [0, 0.05) is 11.3 Å². The average molecular weight is 390 g/mol. The predicted molar refractivity (Wildman–Crippen MR) is 119 cm³/mol. The monoisotopic (exact) mass is 390 g/mol. The summed E-state index contributed by atoms with van der Waals surface area (Å²) in [4.78, 5) is 16.0. The maximum Gasteiger partial charge on any atom is 0.335 e. The van der Waals surface area contributed by atoms with Crippen LogP contribution in [0.25, 0.3) is 39.2 Å². The summed E-state index contributed by atoms with van der Waals surface area (Å²) in [7, 11) is 0. The minimum Gasteiger partial charge on any atom is -0.478 e. The SMILES string of the molecule is O=C(O)c1ccc(-c2ccc(-c3nc4ccccc4n3-c3ccccc3)cc2)cc1. The highest BCUT2D eigenvalue weighted by molar-refractivity contribution is 5.88. The number of aromatic nitrogens is 2. The van der Waals surface area contributed by atoms with Crippen molar-refractivity contribution in [1.29, 1.82) is 0 Å². The molecule has 5 aromatic rings. The van der Waals surface area contributed by atoms with Crippen molar-refractivity contribution >= 4 is 17.0 Å². The minimum absolute atomic E-state index is 0.284. The van der Waals surface area contributed by atoms with Crippen molar-refractivity contribution in [3.63, 3.8) is 0 Å². The van der Waals surface area contributed by atoms with Crippen LogP contribution in [0, 0.1) is 0 Å². The van der Waals surface area contributed by atoms with Crippen molar-refractivity contribution in [2.45, 2.75) is 0 Å². The molecular formula is C26H18N2O2. The minimum atomic E-state index is -0.920. The Labute approximate surface area is 173 Å². The molecule has 1 aromatic heterocycles. The zero-order valence-electron chi connectivity index (χ0n) is 16.1. The normalized spacial score (nSPS) is 10.9.